The molecule has 0 bridgehead atoms. The van der Waals surface area contributed by atoms with Gasteiger partial charge in [0, 0.05) is 53.0 Å². The Hall–Kier alpha value is -4.92. The fourth-order valence-electron chi connectivity index (χ4n) is 5.47. The fraction of sp³-hybridized carbons (Fsp3) is 0.333. The Kier molecular flexibility index (Phi) is 11.1. The molecule has 4 rings (SSSR count). The first-order chi connectivity index (χ1) is 21.8. The number of carbonyl (C=O) groups excluding carboxylic acids is 3. The molecule has 9 nitrogen and oxygen atoms in total. The van der Waals surface area contributed by atoms with Crippen LogP contribution in [0, 0.1) is 0 Å². The van der Waals surface area contributed by atoms with E-state index in [4.69, 9.17) is 13.9 Å². The molecule has 0 unspecified atom stereocenters. The average molecular weight is 613 g/mol. The molecule has 1 N–H and O–H groups in total. The van der Waals surface area contributed by atoms with Gasteiger partial charge in [-0.15, -0.1) is 0 Å². The average Bonchev–Trinajstić information content (AvgIpc) is 3.04. The van der Waals surface area contributed by atoms with Crippen molar-refractivity contribution in [2.45, 2.75) is 41.5 Å². The highest BCUT2D eigenvalue weighted by molar-refractivity contribution is 6.11. The van der Waals surface area contributed by atoms with E-state index in [-0.39, 0.29) is 18.9 Å². The summed E-state index contributed by atoms with van der Waals surface area (Å²) in [5.41, 5.74) is 4.03. The Bertz CT molecular complexity index is 1760. The van der Waals surface area contributed by atoms with Crippen LogP contribution in [0.25, 0.3) is 33.4 Å². The summed E-state index contributed by atoms with van der Waals surface area (Å²) in [6, 6.07) is 19.4. The first-order valence-corrected chi connectivity index (χ1v) is 15.6. The summed E-state index contributed by atoms with van der Waals surface area (Å²) < 4.78 is 18.9. The smallest absolute Gasteiger partial charge is 0.355 e. The van der Waals surface area contributed by atoms with Gasteiger partial charge in [-0.05, 0) is 71.4 Å². The predicted octanol–water partition coefficient (Wildman–Crippen LogP) is 5.60. The first-order valence-electron chi connectivity index (χ1n) is 15.6. The molecule has 0 radical (unpaired) electrons. The van der Waals surface area contributed by atoms with Gasteiger partial charge < -0.3 is 24.1 Å². The topological polar surface area (TPSA) is 101 Å². The number of hydrogen-bond acceptors (Lipinski definition) is 7. The third-order valence-corrected chi connectivity index (χ3v) is 7.68. The Morgan fingerprint density at radius 2 is 1.56 bits per heavy atom. The van der Waals surface area contributed by atoms with E-state index >= 15 is 0 Å². The van der Waals surface area contributed by atoms with E-state index in [0.717, 1.165) is 59.8 Å². The van der Waals surface area contributed by atoms with Crippen molar-refractivity contribution in [3.8, 4) is 22.5 Å². The van der Waals surface area contributed by atoms with Crippen molar-refractivity contribution >= 4 is 34.5 Å². The van der Waals surface area contributed by atoms with E-state index in [9.17, 15) is 14.4 Å². The number of rotatable bonds is 12. The van der Waals surface area contributed by atoms with Gasteiger partial charge in [-0.1, -0.05) is 18.2 Å². The van der Waals surface area contributed by atoms with Crippen molar-refractivity contribution in [2.24, 2.45) is 0 Å². The Labute approximate surface area is 264 Å². The highest BCUT2D eigenvalue weighted by atomic mass is 16.5. The molecule has 2 aromatic carbocycles. The zero-order valence-electron chi connectivity index (χ0n) is 26.9. The number of hydrogen-bond donors (Lipinski definition) is 1. The molecule has 2 aliphatic rings. The maximum atomic E-state index is 13.9. The van der Waals surface area contributed by atoms with Crippen LogP contribution in [-0.4, -0.2) is 57.2 Å². The van der Waals surface area contributed by atoms with E-state index in [0.29, 0.717) is 22.5 Å². The van der Waals surface area contributed by atoms with Crippen molar-refractivity contribution in [3.63, 3.8) is 0 Å². The normalized spacial score (nSPS) is 11.4. The molecule has 1 heterocycles. The number of benzene rings is 3. The maximum absolute atomic E-state index is 13.9. The van der Waals surface area contributed by atoms with Crippen LogP contribution in [0.5, 0.6) is 0 Å². The second kappa shape index (κ2) is 15.2. The van der Waals surface area contributed by atoms with Crippen molar-refractivity contribution in [3.05, 3.63) is 83.4 Å². The van der Waals surface area contributed by atoms with Crippen LogP contribution in [0.1, 0.15) is 51.9 Å². The standard InChI is InChI=1S/C36H41N3O6/c1-7-38(8-2)24-17-19-28-31(21-24)45-32-22-25(39(9-3)10-4)18-20-29(32)34(28)26-15-13-14-16-27(26)35(41)37-30(36(42)44-12-6)23-33(40)43-11-5/h13-23H,7-12H2,1-6H3/p+1. The van der Waals surface area contributed by atoms with E-state index in [1.807, 2.05) is 36.4 Å². The SMILES string of the molecule is CCOC(=O)C=C(NC(=O)c1ccccc1-c1c2ccc(=[N+](CC)CC)cc-2oc2cc(N(CC)CC)ccc12)C(=O)OCC. The van der Waals surface area contributed by atoms with E-state index in [1.165, 1.54) is 0 Å². The van der Waals surface area contributed by atoms with Gasteiger partial charge in [0.1, 0.15) is 30.1 Å². The Morgan fingerprint density at radius 3 is 2.22 bits per heavy atom. The number of nitrogens with one attached hydrogen (secondary N) is 1. The molecule has 0 spiro atoms. The van der Waals surface area contributed by atoms with Gasteiger partial charge in [0.25, 0.3) is 5.91 Å². The summed E-state index contributed by atoms with van der Waals surface area (Å²) in [5.74, 6) is -1.48. The number of esters is 2. The van der Waals surface area contributed by atoms with Gasteiger partial charge in [0.15, 0.2) is 0 Å². The number of anilines is 1. The summed E-state index contributed by atoms with van der Waals surface area (Å²) >= 11 is 0. The van der Waals surface area contributed by atoms with Gasteiger partial charge in [-0.3, -0.25) is 4.79 Å². The molecular weight excluding hydrogens is 570 g/mol. The largest absolute Gasteiger partial charge is 0.463 e. The van der Waals surface area contributed by atoms with Gasteiger partial charge in [-0.25, -0.2) is 14.2 Å². The lowest BCUT2D eigenvalue weighted by Gasteiger charge is -2.22. The zero-order chi connectivity index (χ0) is 32.5. The molecule has 0 saturated carbocycles. The summed E-state index contributed by atoms with van der Waals surface area (Å²) in [6.45, 7) is 15.3. The van der Waals surface area contributed by atoms with Gasteiger partial charge in [0.05, 0.1) is 25.4 Å². The lowest BCUT2D eigenvalue weighted by atomic mass is 9.90. The zero-order valence-corrected chi connectivity index (χ0v) is 26.9. The molecule has 9 heteroatoms. The number of amides is 1. The third-order valence-electron chi connectivity index (χ3n) is 7.68. The highest BCUT2D eigenvalue weighted by Crippen LogP contribution is 2.42. The van der Waals surface area contributed by atoms with Crippen molar-refractivity contribution < 1.29 is 28.3 Å². The fourth-order valence-corrected chi connectivity index (χ4v) is 5.47. The van der Waals surface area contributed by atoms with Crippen LogP contribution >= 0.6 is 0 Å². The molecule has 0 fully saturated rings. The minimum Gasteiger partial charge on any atom is -0.463 e. The summed E-state index contributed by atoms with van der Waals surface area (Å²) in [7, 11) is 0. The van der Waals surface area contributed by atoms with Crippen molar-refractivity contribution in [1.29, 1.82) is 0 Å². The molecule has 0 saturated heterocycles. The lowest BCUT2D eigenvalue weighted by Crippen LogP contribution is -2.30. The number of carbonyl (C=O) groups is 3. The first kappa shape index (κ1) is 33.0. The van der Waals surface area contributed by atoms with E-state index in [2.05, 4.69) is 54.6 Å². The number of ether oxygens (including phenoxy) is 2. The van der Waals surface area contributed by atoms with Crippen LogP contribution in [-0.2, 0) is 19.1 Å². The van der Waals surface area contributed by atoms with Crippen LogP contribution < -0.4 is 20.1 Å². The molecule has 0 atom stereocenters. The minimum absolute atomic E-state index is 0.0713. The minimum atomic E-state index is -0.835. The predicted molar refractivity (Wildman–Crippen MR) is 177 cm³/mol. The van der Waals surface area contributed by atoms with Crippen molar-refractivity contribution in [1.82, 2.24) is 9.89 Å². The Balaban J connectivity index is 1.97. The number of nitrogens with zero attached hydrogens (tertiary/aromatic N) is 2. The van der Waals surface area contributed by atoms with Crippen LogP contribution in [0.4, 0.5) is 5.69 Å². The second-order valence-electron chi connectivity index (χ2n) is 10.2. The van der Waals surface area contributed by atoms with Crippen LogP contribution in [0.3, 0.4) is 0 Å². The molecule has 2 aromatic rings. The van der Waals surface area contributed by atoms with E-state index < -0.39 is 17.8 Å². The van der Waals surface area contributed by atoms with Gasteiger partial charge in [0.2, 0.25) is 5.36 Å². The van der Waals surface area contributed by atoms with Crippen molar-refractivity contribution in [2.75, 3.05) is 44.3 Å². The number of fused-ring (bicyclic) bond motifs is 2. The molecule has 1 aliphatic heterocycles. The monoisotopic (exact) mass is 612 g/mol. The third kappa shape index (κ3) is 7.25. The summed E-state index contributed by atoms with van der Waals surface area (Å²) in [5, 5.41) is 4.47. The maximum Gasteiger partial charge on any atom is 0.355 e. The van der Waals surface area contributed by atoms with Crippen LogP contribution in [0.15, 0.2) is 76.9 Å². The summed E-state index contributed by atoms with van der Waals surface area (Å²) in [4.78, 5) is 41.0. The highest BCUT2D eigenvalue weighted by Gasteiger charge is 2.24. The van der Waals surface area contributed by atoms with E-state index in [1.54, 1.807) is 26.0 Å². The summed E-state index contributed by atoms with van der Waals surface area (Å²) in [6.07, 6.45) is 0.942. The Morgan fingerprint density at radius 1 is 0.844 bits per heavy atom. The molecule has 0 aromatic heterocycles. The molecular formula is C36H42N3O6+. The molecule has 1 amide bonds. The van der Waals surface area contributed by atoms with Gasteiger partial charge >= 0.3 is 11.9 Å². The molecule has 45 heavy (non-hydrogen) atoms. The quantitative estimate of drug-likeness (QED) is 0.0962. The molecule has 1 aliphatic carbocycles. The second-order valence-corrected chi connectivity index (χ2v) is 10.2. The molecule has 236 valence electrons. The lowest BCUT2D eigenvalue weighted by molar-refractivity contribution is -0.141. The van der Waals surface area contributed by atoms with Crippen LogP contribution in [0.2, 0.25) is 0 Å². The van der Waals surface area contributed by atoms with Gasteiger partial charge in [-0.2, -0.15) is 0 Å².